The average molecular weight is 312 g/mol. The smallest absolute Gasteiger partial charge is 0.262 e. The molecule has 112 valence electrons. The molecule has 2 aromatic rings. The van der Waals surface area contributed by atoms with E-state index in [0.717, 1.165) is 18.2 Å². The minimum atomic E-state index is -4.05. The standard InChI is InChI=1S/C14H14F2N2O2S/c1-8-3-4-10(15)5-14(8)18-21(19,20)11-6-12(16)9(2)13(17)7-11/h3-7,18H,17H2,1-2H3. The van der Waals surface area contributed by atoms with Gasteiger partial charge in [-0.15, -0.1) is 0 Å². The zero-order chi connectivity index (χ0) is 15.8. The maximum Gasteiger partial charge on any atom is 0.262 e. The number of hydrogen-bond donors (Lipinski definition) is 2. The Morgan fingerprint density at radius 1 is 1.10 bits per heavy atom. The molecule has 2 aromatic carbocycles. The second-order valence-corrected chi connectivity index (χ2v) is 6.37. The van der Waals surface area contributed by atoms with Gasteiger partial charge in [0.05, 0.1) is 10.6 Å². The molecule has 0 radical (unpaired) electrons. The first-order valence-corrected chi connectivity index (χ1v) is 7.53. The van der Waals surface area contributed by atoms with E-state index in [1.807, 2.05) is 0 Å². The molecule has 0 aliphatic rings. The molecule has 21 heavy (non-hydrogen) atoms. The molecule has 0 fully saturated rings. The van der Waals surface area contributed by atoms with E-state index in [9.17, 15) is 17.2 Å². The lowest BCUT2D eigenvalue weighted by Crippen LogP contribution is -2.15. The molecule has 0 aliphatic heterocycles. The van der Waals surface area contributed by atoms with Crippen molar-refractivity contribution in [2.45, 2.75) is 18.7 Å². The molecule has 0 heterocycles. The van der Waals surface area contributed by atoms with E-state index < -0.39 is 21.7 Å². The number of benzene rings is 2. The normalized spacial score (nSPS) is 11.4. The first-order valence-electron chi connectivity index (χ1n) is 6.05. The molecule has 3 N–H and O–H groups in total. The van der Waals surface area contributed by atoms with E-state index in [1.165, 1.54) is 19.1 Å². The Balaban J connectivity index is 2.46. The molecule has 0 unspecified atom stereocenters. The Labute approximate surface area is 121 Å². The van der Waals surface area contributed by atoms with Crippen LogP contribution in [0.3, 0.4) is 0 Å². The molecule has 7 heteroatoms. The summed E-state index contributed by atoms with van der Waals surface area (Å²) in [4.78, 5) is -0.313. The molecule has 0 amide bonds. The fraction of sp³-hybridized carbons (Fsp3) is 0.143. The fourth-order valence-corrected chi connectivity index (χ4v) is 2.91. The molecule has 0 saturated carbocycles. The van der Waals surface area contributed by atoms with Crippen LogP contribution in [0, 0.1) is 25.5 Å². The van der Waals surface area contributed by atoms with Crippen LogP contribution in [0.2, 0.25) is 0 Å². The van der Waals surface area contributed by atoms with Crippen LogP contribution in [-0.2, 0) is 10.0 Å². The van der Waals surface area contributed by atoms with E-state index in [2.05, 4.69) is 4.72 Å². The lowest BCUT2D eigenvalue weighted by Gasteiger charge is -2.12. The van der Waals surface area contributed by atoms with Crippen LogP contribution >= 0.6 is 0 Å². The summed E-state index contributed by atoms with van der Waals surface area (Å²) in [7, 11) is -4.05. The predicted octanol–water partition coefficient (Wildman–Crippen LogP) is 2.96. The van der Waals surface area contributed by atoms with Gasteiger partial charge in [0.25, 0.3) is 10.0 Å². The van der Waals surface area contributed by atoms with Gasteiger partial charge < -0.3 is 5.73 Å². The highest BCUT2D eigenvalue weighted by atomic mass is 32.2. The van der Waals surface area contributed by atoms with Crippen molar-refractivity contribution in [2.75, 3.05) is 10.5 Å². The monoisotopic (exact) mass is 312 g/mol. The number of nitrogens with two attached hydrogens (primary N) is 1. The summed E-state index contributed by atoms with van der Waals surface area (Å²) >= 11 is 0. The number of nitrogen functional groups attached to an aromatic ring is 1. The number of halogens is 2. The Morgan fingerprint density at radius 3 is 2.38 bits per heavy atom. The van der Waals surface area contributed by atoms with E-state index in [1.54, 1.807) is 6.92 Å². The van der Waals surface area contributed by atoms with Gasteiger partial charge in [0.1, 0.15) is 11.6 Å². The highest BCUT2D eigenvalue weighted by Gasteiger charge is 2.18. The second-order valence-electron chi connectivity index (χ2n) is 4.68. The summed E-state index contributed by atoms with van der Waals surface area (Å²) < 4.78 is 53.5. The van der Waals surface area contributed by atoms with Gasteiger partial charge in [0, 0.05) is 11.3 Å². The SMILES string of the molecule is Cc1ccc(F)cc1NS(=O)(=O)c1cc(N)c(C)c(F)c1. The summed E-state index contributed by atoms with van der Waals surface area (Å²) in [5.74, 6) is -1.29. The van der Waals surface area contributed by atoms with Crippen molar-refractivity contribution >= 4 is 21.4 Å². The Kier molecular flexibility index (Phi) is 3.87. The number of anilines is 2. The summed E-state index contributed by atoms with van der Waals surface area (Å²) in [6, 6.07) is 5.76. The van der Waals surface area contributed by atoms with Crippen LogP contribution in [-0.4, -0.2) is 8.42 Å². The van der Waals surface area contributed by atoms with Gasteiger partial charge in [-0.05, 0) is 43.7 Å². The molecule has 4 nitrogen and oxygen atoms in total. The molecule has 0 spiro atoms. The lowest BCUT2D eigenvalue weighted by molar-refractivity contribution is 0.593. The van der Waals surface area contributed by atoms with Gasteiger partial charge in [-0.1, -0.05) is 6.07 Å². The van der Waals surface area contributed by atoms with Crippen molar-refractivity contribution in [3.05, 3.63) is 53.1 Å². The van der Waals surface area contributed by atoms with Crippen molar-refractivity contribution in [3.63, 3.8) is 0 Å². The van der Waals surface area contributed by atoms with Crippen LogP contribution in [0.5, 0.6) is 0 Å². The number of nitrogens with one attached hydrogen (secondary N) is 1. The van der Waals surface area contributed by atoms with Gasteiger partial charge in [-0.25, -0.2) is 17.2 Å². The number of rotatable bonds is 3. The molecule has 0 aromatic heterocycles. The summed E-state index contributed by atoms with van der Waals surface area (Å²) in [6.45, 7) is 3.08. The minimum absolute atomic E-state index is 0.0336. The number of sulfonamides is 1. The average Bonchev–Trinajstić information content (AvgIpc) is 2.39. The van der Waals surface area contributed by atoms with Crippen LogP contribution in [0.25, 0.3) is 0 Å². The quantitative estimate of drug-likeness (QED) is 0.856. The third-order valence-corrected chi connectivity index (χ3v) is 4.46. The Bertz CT molecular complexity index is 782. The summed E-state index contributed by atoms with van der Waals surface area (Å²) in [5.41, 5.74) is 6.42. The third-order valence-electron chi connectivity index (χ3n) is 3.11. The van der Waals surface area contributed by atoms with E-state index >= 15 is 0 Å². The molecule has 0 aliphatic carbocycles. The van der Waals surface area contributed by atoms with Gasteiger partial charge in [0.2, 0.25) is 0 Å². The van der Waals surface area contributed by atoms with Crippen LogP contribution in [0.4, 0.5) is 20.2 Å². The Morgan fingerprint density at radius 2 is 1.76 bits per heavy atom. The lowest BCUT2D eigenvalue weighted by atomic mass is 10.2. The maximum absolute atomic E-state index is 13.6. The summed E-state index contributed by atoms with van der Waals surface area (Å²) in [5, 5.41) is 0. The highest BCUT2D eigenvalue weighted by Crippen LogP contribution is 2.24. The second kappa shape index (κ2) is 5.33. The number of hydrogen-bond acceptors (Lipinski definition) is 3. The van der Waals surface area contributed by atoms with Crippen LogP contribution in [0.15, 0.2) is 35.2 Å². The minimum Gasteiger partial charge on any atom is -0.398 e. The van der Waals surface area contributed by atoms with Crippen molar-refractivity contribution in [2.24, 2.45) is 0 Å². The van der Waals surface area contributed by atoms with E-state index in [-0.39, 0.29) is 21.8 Å². The van der Waals surface area contributed by atoms with Crippen molar-refractivity contribution in [1.29, 1.82) is 0 Å². The zero-order valence-electron chi connectivity index (χ0n) is 11.4. The number of aryl methyl sites for hydroxylation is 1. The third kappa shape index (κ3) is 3.13. The molecule has 0 atom stereocenters. The van der Waals surface area contributed by atoms with Gasteiger partial charge in [0.15, 0.2) is 0 Å². The molecule has 0 bridgehead atoms. The fourth-order valence-electron chi connectivity index (χ4n) is 1.74. The van der Waals surface area contributed by atoms with Crippen molar-refractivity contribution in [1.82, 2.24) is 0 Å². The summed E-state index contributed by atoms with van der Waals surface area (Å²) in [6.07, 6.45) is 0. The molecular weight excluding hydrogens is 298 g/mol. The van der Waals surface area contributed by atoms with Gasteiger partial charge in [-0.3, -0.25) is 4.72 Å². The van der Waals surface area contributed by atoms with E-state index in [0.29, 0.717) is 5.56 Å². The molecular formula is C14H14F2N2O2S. The maximum atomic E-state index is 13.6. The van der Waals surface area contributed by atoms with Crippen molar-refractivity contribution in [3.8, 4) is 0 Å². The predicted molar refractivity (Wildman–Crippen MR) is 77.5 cm³/mol. The topological polar surface area (TPSA) is 72.2 Å². The first kappa shape index (κ1) is 15.2. The molecule has 2 rings (SSSR count). The Hall–Kier alpha value is -2.15. The van der Waals surface area contributed by atoms with Crippen LogP contribution in [0.1, 0.15) is 11.1 Å². The highest BCUT2D eigenvalue weighted by molar-refractivity contribution is 7.92. The van der Waals surface area contributed by atoms with Crippen molar-refractivity contribution < 1.29 is 17.2 Å². The van der Waals surface area contributed by atoms with E-state index in [4.69, 9.17) is 5.73 Å². The van der Waals surface area contributed by atoms with Crippen LogP contribution < -0.4 is 10.5 Å². The zero-order valence-corrected chi connectivity index (χ0v) is 12.3. The molecule has 0 saturated heterocycles. The van der Waals surface area contributed by atoms with Gasteiger partial charge in [-0.2, -0.15) is 0 Å². The first-order chi connectivity index (χ1) is 9.70. The van der Waals surface area contributed by atoms with Gasteiger partial charge >= 0.3 is 0 Å². The largest absolute Gasteiger partial charge is 0.398 e.